The highest BCUT2D eigenvalue weighted by atomic mass is 16.5. The average Bonchev–Trinajstić information content (AvgIpc) is 2.46. The molecule has 1 aliphatic heterocycles. The van der Waals surface area contributed by atoms with E-state index in [0.29, 0.717) is 6.54 Å². The highest BCUT2D eigenvalue weighted by molar-refractivity contribution is 5.77. The van der Waals surface area contributed by atoms with E-state index in [-0.39, 0.29) is 12.5 Å². The lowest BCUT2D eigenvalue weighted by Gasteiger charge is -2.26. The second kappa shape index (κ2) is 7.14. The number of hydrogen-bond acceptors (Lipinski definition) is 3. The van der Waals surface area contributed by atoms with Crippen LogP contribution in [-0.4, -0.2) is 37.0 Å². The van der Waals surface area contributed by atoms with Crippen molar-refractivity contribution in [2.24, 2.45) is 5.73 Å². The van der Waals surface area contributed by atoms with Crippen LogP contribution in [0.25, 0.3) is 0 Å². The number of amides is 1. The third-order valence-corrected chi connectivity index (χ3v) is 3.40. The van der Waals surface area contributed by atoms with Gasteiger partial charge in [0, 0.05) is 13.1 Å². The van der Waals surface area contributed by atoms with Crippen LogP contribution in [0.3, 0.4) is 0 Å². The number of rotatable bonds is 5. The first-order valence-electron chi connectivity index (χ1n) is 6.99. The van der Waals surface area contributed by atoms with Gasteiger partial charge in [-0.15, -0.1) is 0 Å². The molecule has 0 radical (unpaired) electrons. The summed E-state index contributed by atoms with van der Waals surface area (Å²) in [7, 11) is 0. The summed E-state index contributed by atoms with van der Waals surface area (Å²) in [6, 6.07) is 7.79. The largest absolute Gasteiger partial charge is 0.484 e. The van der Waals surface area contributed by atoms with E-state index in [1.54, 1.807) is 0 Å². The molecule has 0 spiro atoms. The van der Waals surface area contributed by atoms with Gasteiger partial charge < -0.3 is 15.4 Å². The zero-order chi connectivity index (χ0) is 13.5. The summed E-state index contributed by atoms with van der Waals surface area (Å²) < 4.78 is 5.58. The van der Waals surface area contributed by atoms with E-state index < -0.39 is 0 Å². The third kappa shape index (κ3) is 4.24. The molecule has 1 aromatic rings. The van der Waals surface area contributed by atoms with Crippen LogP contribution in [0.4, 0.5) is 0 Å². The number of piperidine rings is 1. The molecule has 0 saturated carbocycles. The molecule has 1 saturated heterocycles. The van der Waals surface area contributed by atoms with E-state index in [9.17, 15) is 4.79 Å². The molecule has 19 heavy (non-hydrogen) atoms. The lowest BCUT2D eigenvalue weighted by Crippen LogP contribution is -2.38. The van der Waals surface area contributed by atoms with Crippen molar-refractivity contribution in [2.45, 2.75) is 25.7 Å². The Hall–Kier alpha value is -1.55. The number of carbonyl (C=O) groups is 1. The molecule has 1 aromatic carbocycles. The maximum Gasteiger partial charge on any atom is 0.260 e. The van der Waals surface area contributed by atoms with E-state index in [1.165, 1.54) is 6.42 Å². The second-order valence-electron chi connectivity index (χ2n) is 4.92. The average molecular weight is 262 g/mol. The van der Waals surface area contributed by atoms with Crippen LogP contribution in [-0.2, 0) is 11.2 Å². The summed E-state index contributed by atoms with van der Waals surface area (Å²) in [4.78, 5) is 13.9. The highest BCUT2D eigenvalue weighted by Gasteiger charge is 2.16. The normalized spacial score (nSPS) is 15.3. The molecule has 2 rings (SSSR count). The van der Waals surface area contributed by atoms with E-state index in [4.69, 9.17) is 10.5 Å². The fourth-order valence-electron chi connectivity index (χ4n) is 2.34. The number of nitrogens with two attached hydrogens (primary N) is 1. The number of nitrogens with zero attached hydrogens (tertiary/aromatic N) is 1. The molecule has 0 aliphatic carbocycles. The fraction of sp³-hybridized carbons (Fsp3) is 0.533. The summed E-state index contributed by atoms with van der Waals surface area (Å²) in [5.41, 5.74) is 6.67. The van der Waals surface area contributed by atoms with Gasteiger partial charge in [0.25, 0.3) is 5.91 Å². The van der Waals surface area contributed by atoms with E-state index in [2.05, 4.69) is 0 Å². The molecule has 4 heteroatoms. The predicted octanol–water partition coefficient (Wildman–Crippen LogP) is 1.58. The molecule has 2 N–H and O–H groups in total. The van der Waals surface area contributed by atoms with Crippen molar-refractivity contribution >= 4 is 5.91 Å². The SMILES string of the molecule is NCCc1cccc(OCC(=O)N2CCCCC2)c1. The van der Waals surface area contributed by atoms with Gasteiger partial charge in [-0.1, -0.05) is 12.1 Å². The van der Waals surface area contributed by atoms with Crippen LogP contribution in [0, 0.1) is 0 Å². The second-order valence-corrected chi connectivity index (χ2v) is 4.92. The van der Waals surface area contributed by atoms with Gasteiger partial charge in [0.15, 0.2) is 6.61 Å². The molecular weight excluding hydrogens is 240 g/mol. The predicted molar refractivity (Wildman–Crippen MR) is 75.1 cm³/mol. The minimum atomic E-state index is 0.0870. The van der Waals surface area contributed by atoms with Gasteiger partial charge >= 0.3 is 0 Å². The first kappa shape index (κ1) is 13.9. The van der Waals surface area contributed by atoms with Crippen molar-refractivity contribution < 1.29 is 9.53 Å². The summed E-state index contributed by atoms with van der Waals surface area (Å²) in [5, 5.41) is 0. The Kier molecular flexibility index (Phi) is 5.21. The van der Waals surface area contributed by atoms with Crippen LogP contribution in [0.1, 0.15) is 24.8 Å². The molecule has 0 atom stereocenters. The van der Waals surface area contributed by atoms with Crippen molar-refractivity contribution in [2.75, 3.05) is 26.2 Å². The monoisotopic (exact) mass is 262 g/mol. The Morgan fingerprint density at radius 1 is 1.26 bits per heavy atom. The van der Waals surface area contributed by atoms with Crippen molar-refractivity contribution in [1.82, 2.24) is 4.90 Å². The van der Waals surface area contributed by atoms with Crippen LogP contribution < -0.4 is 10.5 Å². The van der Waals surface area contributed by atoms with E-state index in [0.717, 1.165) is 43.7 Å². The maximum atomic E-state index is 12.0. The molecule has 4 nitrogen and oxygen atoms in total. The standard InChI is InChI=1S/C15H22N2O2/c16-8-7-13-5-4-6-14(11-13)19-12-15(18)17-9-2-1-3-10-17/h4-6,11H,1-3,7-10,12,16H2. The zero-order valence-corrected chi connectivity index (χ0v) is 11.3. The quantitative estimate of drug-likeness (QED) is 0.876. The first-order chi connectivity index (χ1) is 9.29. The van der Waals surface area contributed by atoms with Gasteiger partial charge in [0.05, 0.1) is 0 Å². The zero-order valence-electron chi connectivity index (χ0n) is 11.3. The topological polar surface area (TPSA) is 55.6 Å². The van der Waals surface area contributed by atoms with Gasteiger partial charge in [-0.25, -0.2) is 0 Å². The molecule has 1 heterocycles. The number of hydrogen-bond donors (Lipinski definition) is 1. The summed E-state index contributed by atoms with van der Waals surface area (Å²) in [6.45, 7) is 2.49. The van der Waals surface area contributed by atoms with E-state index in [1.807, 2.05) is 29.2 Å². The molecule has 104 valence electrons. The van der Waals surface area contributed by atoms with Gasteiger partial charge in [0.2, 0.25) is 0 Å². The summed E-state index contributed by atoms with van der Waals surface area (Å²) in [5.74, 6) is 0.834. The number of likely N-dealkylation sites (tertiary alicyclic amines) is 1. The fourth-order valence-corrected chi connectivity index (χ4v) is 2.34. The number of carbonyl (C=O) groups excluding carboxylic acids is 1. The summed E-state index contributed by atoms with van der Waals surface area (Å²) >= 11 is 0. The molecule has 0 unspecified atom stereocenters. The molecule has 0 bridgehead atoms. The Morgan fingerprint density at radius 2 is 2.05 bits per heavy atom. The Labute approximate surface area is 114 Å². The van der Waals surface area contributed by atoms with Crippen molar-refractivity contribution in [1.29, 1.82) is 0 Å². The van der Waals surface area contributed by atoms with Crippen LogP contribution in [0.2, 0.25) is 0 Å². The minimum absolute atomic E-state index is 0.0870. The van der Waals surface area contributed by atoms with Crippen molar-refractivity contribution in [3.05, 3.63) is 29.8 Å². The smallest absolute Gasteiger partial charge is 0.260 e. The van der Waals surface area contributed by atoms with Crippen LogP contribution in [0.5, 0.6) is 5.75 Å². The molecule has 1 aliphatic rings. The Morgan fingerprint density at radius 3 is 2.79 bits per heavy atom. The minimum Gasteiger partial charge on any atom is -0.484 e. The molecule has 1 amide bonds. The van der Waals surface area contributed by atoms with Gasteiger partial charge in [-0.2, -0.15) is 0 Å². The van der Waals surface area contributed by atoms with Gasteiger partial charge in [-0.05, 0) is 49.9 Å². The maximum absolute atomic E-state index is 12.0. The highest BCUT2D eigenvalue weighted by Crippen LogP contribution is 2.14. The first-order valence-corrected chi connectivity index (χ1v) is 6.99. The Bertz CT molecular complexity index is 414. The third-order valence-electron chi connectivity index (χ3n) is 3.40. The number of ether oxygens (including phenoxy) is 1. The van der Waals surface area contributed by atoms with Gasteiger partial charge in [0.1, 0.15) is 5.75 Å². The molecular formula is C15H22N2O2. The lowest BCUT2D eigenvalue weighted by atomic mass is 10.1. The van der Waals surface area contributed by atoms with Crippen molar-refractivity contribution in [3.8, 4) is 5.75 Å². The van der Waals surface area contributed by atoms with Crippen LogP contribution >= 0.6 is 0 Å². The van der Waals surface area contributed by atoms with Crippen molar-refractivity contribution in [3.63, 3.8) is 0 Å². The van der Waals surface area contributed by atoms with E-state index >= 15 is 0 Å². The molecule has 0 aromatic heterocycles. The van der Waals surface area contributed by atoms with Gasteiger partial charge in [-0.3, -0.25) is 4.79 Å². The summed E-state index contributed by atoms with van der Waals surface area (Å²) in [6.07, 6.45) is 4.28. The Balaban J connectivity index is 1.83. The van der Waals surface area contributed by atoms with Crippen LogP contribution in [0.15, 0.2) is 24.3 Å². The lowest BCUT2D eigenvalue weighted by molar-refractivity contribution is -0.134. The number of benzene rings is 1. The molecule has 1 fully saturated rings.